The normalized spacial score (nSPS) is 12.4. The van der Waals surface area contributed by atoms with Crippen molar-refractivity contribution in [1.82, 2.24) is 8.87 Å². The van der Waals surface area contributed by atoms with Gasteiger partial charge in [-0.3, -0.25) is 19.2 Å². The largest absolute Gasteiger partial charge is 2.00 e. The molecule has 2 aromatic carbocycles. The summed E-state index contributed by atoms with van der Waals surface area (Å²) < 4.78 is 6.93. The number of hydrogen-bond donors (Lipinski definition) is 1. The summed E-state index contributed by atoms with van der Waals surface area (Å²) >= 11 is 0.967. The van der Waals surface area contributed by atoms with Gasteiger partial charge < -0.3 is 9.52 Å². The number of nitrogens with zero attached hydrogens (tertiary/aromatic N) is 5. The van der Waals surface area contributed by atoms with Crippen molar-refractivity contribution >= 4 is 40.9 Å². The van der Waals surface area contributed by atoms with Gasteiger partial charge in [0.15, 0.2) is 11.4 Å². The number of aromatic nitrogens is 1. The number of ketones is 1. The summed E-state index contributed by atoms with van der Waals surface area (Å²) in [6.45, 7) is 6.84. The minimum Gasteiger partial charge on any atom is -0.493 e. The van der Waals surface area contributed by atoms with Gasteiger partial charge in [-0.1, -0.05) is 36.3 Å². The van der Waals surface area contributed by atoms with E-state index >= 15 is 0 Å². The maximum absolute atomic E-state index is 13.7. The first kappa shape index (κ1) is 33.7. The average Bonchev–Trinajstić information content (AvgIpc) is 3.63. The third kappa shape index (κ3) is 6.43. The predicted octanol–water partition coefficient (Wildman–Crippen LogP) is 6.27. The molecule has 0 saturated carbocycles. The first-order chi connectivity index (χ1) is 21.4. The van der Waals surface area contributed by atoms with Crippen LogP contribution in [0.25, 0.3) is 0 Å². The Morgan fingerprint density at radius 3 is 2.33 bits per heavy atom. The van der Waals surface area contributed by atoms with Crippen molar-refractivity contribution in [1.29, 1.82) is 5.26 Å². The molecule has 0 unspecified atom stereocenters. The van der Waals surface area contributed by atoms with Crippen LogP contribution < -0.4 is 5.56 Å². The first-order valence-electron chi connectivity index (χ1n) is 13.6. The Labute approximate surface area is 278 Å². The number of benzene rings is 2. The molecule has 13 heteroatoms. The fourth-order valence-electron chi connectivity index (χ4n) is 4.41. The molecule has 0 bridgehead atoms. The minimum absolute atomic E-state index is 0. The number of rotatable bonds is 7. The number of pyridine rings is 1. The van der Waals surface area contributed by atoms with Gasteiger partial charge in [0.25, 0.3) is 17.4 Å². The molecule has 1 N–H and O–H groups in total. The van der Waals surface area contributed by atoms with Gasteiger partial charge in [-0.15, -0.1) is 10.2 Å². The number of nitriles is 1. The van der Waals surface area contributed by atoms with E-state index in [4.69, 9.17) is 4.42 Å². The molecule has 3 heterocycles. The van der Waals surface area contributed by atoms with Crippen molar-refractivity contribution < 1.29 is 40.7 Å². The van der Waals surface area contributed by atoms with E-state index in [-0.39, 0.29) is 61.7 Å². The molecule has 0 fully saturated rings. The molecule has 0 spiro atoms. The Kier molecular flexibility index (Phi) is 9.82. The van der Waals surface area contributed by atoms with E-state index in [0.29, 0.717) is 5.75 Å². The number of carbonyl (C=O) groups is 3. The Bertz CT molecular complexity index is 2060. The van der Waals surface area contributed by atoms with E-state index in [1.54, 1.807) is 0 Å². The van der Waals surface area contributed by atoms with Crippen LogP contribution in [-0.4, -0.2) is 31.6 Å². The zero-order chi connectivity index (χ0) is 32.5. The van der Waals surface area contributed by atoms with Gasteiger partial charge in [-0.05, 0) is 69.5 Å². The summed E-state index contributed by atoms with van der Waals surface area (Å²) in [4.78, 5) is 54.1. The quantitative estimate of drug-likeness (QED) is 0.0788. The SMILES string of the molecule is Cc1c(C#N)c(O)n(C#CC(C)(C)C)c(=O)c1N=Nc1ccc(C(=O)c2ccco2)c2c1C(=O)N(SCc1ccccc1)C2=O.[Co+2]. The fourth-order valence-corrected chi connectivity index (χ4v) is 5.30. The summed E-state index contributed by atoms with van der Waals surface area (Å²) in [7, 11) is 0. The predicted molar refractivity (Wildman–Crippen MR) is 165 cm³/mol. The second-order valence-electron chi connectivity index (χ2n) is 11.0. The van der Waals surface area contributed by atoms with E-state index in [1.807, 2.05) is 57.2 Å². The number of hydrogen-bond acceptors (Lipinski definition) is 10. The number of fused-ring (bicyclic) bond motifs is 1. The maximum atomic E-state index is 13.7. The van der Waals surface area contributed by atoms with Crippen LogP contribution in [-0.2, 0) is 22.5 Å². The number of azo groups is 1. The summed E-state index contributed by atoms with van der Waals surface area (Å²) in [5, 5.41) is 28.5. The van der Waals surface area contributed by atoms with Crippen molar-refractivity contribution in [3.05, 3.63) is 110 Å². The second-order valence-corrected chi connectivity index (χ2v) is 11.9. The van der Waals surface area contributed by atoms with Crippen molar-refractivity contribution in [2.75, 3.05) is 0 Å². The third-order valence-corrected chi connectivity index (χ3v) is 7.71. The molecule has 5 rings (SSSR count). The monoisotopic (exact) mass is 678 g/mol. The molecule has 11 nitrogen and oxygen atoms in total. The van der Waals surface area contributed by atoms with Crippen LogP contribution in [0.15, 0.2) is 80.3 Å². The molecule has 46 heavy (non-hydrogen) atoms. The Balaban J connectivity index is 0.00000480. The maximum Gasteiger partial charge on any atom is 2.00 e. The van der Waals surface area contributed by atoms with Gasteiger partial charge in [-0.25, -0.2) is 8.87 Å². The molecule has 0 aliphatic carbocycles. The topological polar surface area (TPSA) is 158 Å². The van der Waals surface area contributed by atoms with E-state index in [0.717, 1.165) is 26.4 Å². The Morgan fingerprint density at radius 2 is 1.70 bits per heavy atom. The third-order valence-electron chi connectivity index (χ3n) is 6.66. The fraction of sp³-hybridized carbons (Fsp3) is 0.182. The zero-order valence-corrected chi connectivity index (χ0v) is 26.8. The summed E-state index contributed by atoms with van der Waals surface area (Å²) in [5.74, 6) is 0.435. The number of aromatic hydroxyl groups is 1. The van der Waals surface area contributed by atoms with Gasteiger partial charge in [0.05, 0.1) is 23.1 Å². The summed E-state index contributed by atoms with van der Waals surface area (Å²) in [5.41, 5.74) is -1.49. The molecular formula is C33H25CoN5O6S+2. The van der Waals surface area contributed by atoms with Crippen LogP contribution in [0.5, 0.6) is 5.88 Å². The van der Waals surface area contributed by atoms with Gasteiger partial charge in [0.1, 0.15) is 11.6 Å². The van der Waals surface area contributed by atoms with Gasteiger partial charge in [-0.2, -0.15) is 5.26 Å². The van der Waals surface area contributed by atoms with E-state index < -0.39 is 34.5 Å². The molecule has 4 aromatic rings. The minimum atomic E-state index is -0.840. The van der Waals surface area contributed by atoms with E-state index in [9.17, 15) is 29.5 Å². The second kappa shape index (κ2) is 13.4. The molecule has 1 aliphatic rings. The van der Waals surface area contributed by atoms with Crippen molar-refractivity contribution in [2.24, 2.45) is 15.6 Å². The smallest absolute Gasteiger partial charge is 0.493 e. The van der Waals surface area contributed by atoms with Crippen LogP contribution in [0.2, 0.25) is 0 Å². The van der Waals surface area contributed by atoms with Crippen LogP contribution in [0, 0.1) is 35.6 Å². The molecule has 0 saturated heterocycles. The average molecular weight is 679 g/mol. The summed E-state index contributed by atoms with van der Waals surface area (Å²) in [6.07, 6.45) is 1.32. The van der Waals surface area contributed by atoms with Crippen LogP contribution in [0.4, 0.5) is 11.4 Å². The molecule has 2 amide bonds. The zero-order valence-electron chi connectivity index (χ0n) is 24.9. The molecule has 231 valence electrons. The number of amides is 2. The van der Waals surface area contributed by atoms with Gasteiger partial charge in [0, 0.05) is 28.3 Å². The van der Waals surface area contributed by atoms with Crippen molar-refractivity contribution in [3.63, 3.8) is 0 Å². The Morgan fingerprint density at radius 1 is 1.00 bits per heavy atom. The van der Waals surface area contributed by atoms with Crippen molar-refractivity contribution in [2.45, 2.75) is 33.4 Å². The van der Waals surface area contributed by atoms with Crippen molar-refractivity contribution in [3.8, 4) is 23.9 Å². The number of carbonyl (C=O) groups excluding carboxylic acids is 3. The molecule has 0 atom stereocenters. The number of furan rings is 1. The molecule has 1 radical (unpaired) electrons. The first-order valence-corrected chi connectivity index (χ1v) is 14.5. The molecule has 2 aromatic heterocycles. The van der Waals surface area contributed by atoms with E-state index in [2.05, 4.69) is 22.2 Å². The van der Waals surface area contributed by atoms with Crippen LogP contribution >= 0.6 is 11.9 Å². The van der Waals surface area contributed by atoms with Gasteiger partial charge >= 0.3 is 16.8 Å². The Hall–Kier alpha value is -5.21. The summed E-state index contributed by atoms with van der Waals surface area (Å²) in [6, 6.07) is 19.3. The van der Waals surface area contributed by atoms with Crippen LogP contribution in [0.3, 0.4) is 0 Å². The number of imide groups is 1. The van der Waals surface area contributed by atoms with Gasteiger partial charge in [0.2, 0.25) is 11.7 Å². The van der Waals surface area contributed by atoms with Crippen LogP contribution in [0.1, 0.15) is 74.3 Å². The standard InChI is InChI=1S/C33H25N5O6S.Co/c1-19-22(17-34)29(40)37(15-14-33(2,3)4)32(43)27(19)36-35-23-13-12-21(28(39)24-11-8-16-44-24)25-26(23)31(42)38(30(25)41)45-18-20-9-6-5-7-10-20;/h5-13,16,40H,18H2,1-4H3;/q;+2. The molecule has 1 aliphatic heterocycles. The van der Waals surface area contributed by atoms with E-state index in [1.165, 1.54) is 37.5 Å². The molecular weight excluding hydrogens is 653 g/mol.